The summed E-state index contributed by atoms with van der Waals surface area (Å²) in [5.74, 6) is 0.452. The van der Waals surface area contributed by atoms with Crippen molar-refractivity contribution in [1.82, 2.24) is 10.6 Å². The molecule has 1 aliphatic carbocycles. The first-order valence-electron chi connectivity index (χ1n) is 9.45. The Morgan fingerprint density at radius 2 is 2.19 bits per heavy atom. The molecule has 0 saturated heterocycles. The molecule has 2 atom stereocenters. The summed E-state index contributed by atoms with van der Waals surface area (Å²) in [5, 5.41) is 16.9. The van der Waals surface area contributed by atoms with E-state index in [2.05, 4.69) is 22.5 Å². The highest BCUT2D eigenvalue weighted by atomic mass is 19.1. The van der Waals surface area contributed by atoms with Crippen molar-refractivity contribution in [2.45, 2.75) is 58.8 Å². The molecular formula is C20H32FN3O2. The van der Waals surface area contributed by atoms with Gasteiger partial charge in [0.2, 0.25) is 0 Å². The van der Waals surface area contributed by atoms with Crippen LogP contribution in [0.2, 0.25) is 0 Å². The number of ether oxygens (including phenoxy) is 1. The molecule has 1 fully saturated rings. The van der Waals surface area contributed by atoms with Crippen molar-refractivity contribution < 1.29 is 14.2 Å². The molecule has 1 aliphatic rings. The molecule has 0 radical (unpaired) electrons. The van der Waals surface area contributed by atoms with Crippen LogP contribution in [0.4, 0.5) is 4.39 Å². The van der Waals surface area contributed by atoms with Crippen molar-refractivity contribution in [2.24, 2.45) is 10.4 Å². The van der Waals surface area contributed by atoms with E-state index in [1.807, 2.05) is 6.92 Å². The van der Waals surface area contributed by atoms with Crippen molar-refractivity contribution in [3.05, 3.63) is 35.1 Å². The largest absolute Gasteiger partial charge is 0.392 e. The SMILES string of the molecule is CCNC(=NCc1ccc(F)c(COC)c1)NCC1(C)CCCCC1O. The van der Waals surface area contributed by atoms with Gasteiger partial charge in [-0.05, 0) is 37.5 Å². The van der Waals surface area contributed by atoms with Crippen molar-refractivity contribution in [2.75, 3.05) is 20.2 Å². The van der Waals surface area contributed by atoms with Crippen LogP contribution >= 0.6 is 0 Å². The van der Waals surface area contributed by atoms with Crippen LogP contribution in [0.15, 0.2) is 23.2 Å². The molecule has 0 spiro atoms. The van der Waals surface area contributed by atoms with Gasteiger partial charge < -0.3 is 20.5 Å². The molecule has 2 rings (SSSR count). The smallest absolute Gasteiger partial charge is 0.191 e. The highest BCUT2D eigenvalue weighted by molar-refractivity contribution is 5.79. The van der Waals surface area contributed by atoms with E-state index in [0.29, 0.717) is 24.6 Å². The summed E-state index contributed by atoms with van der Waals surface area (Å²) < 4.78 is 18.7. The van der Waals surface area contributed by atoms with E-state index in [9.17, 15) is 9.50 Å². The predicted molar refractivity (Wildman–Crippen MR) is 103 cm³/mol. The number of nitrogens with zero attached hydrogens (tertiary/aromatic N) is 1. The normalized spacial score (nSPS) is 23.7. The molecule has 0 amide bonds. The average Bonchev–Trinajstić information content (AvgIpc) is 2.63. The monoisotopic (exact) mass is 365 g/mol. The van der Waals surface area contributed by atoms with Gasteiger partial charge in [0.05, 0.1) is 19.3 Å². The second-order valence-corrected chi connectivity index (χ2v) is 7.32. The fraction of sp³-hybridized carbons (Fsp3) is 0.650. The van der Waals surface area contributed by atoms with Gasteiger partial charge in [-0.1, -0.05) is 25.8 Å². The molecule has 5 nitrogen and oxygen atoms in total. The van der Waals surface area contributed by atoms with E-state index in [0.717, 1.165) is 37.8 Å². The van der Waals surface area contributed by atoms with Gasteiger partial charge in [-0.2, -0.15) is 0 Å². The van der Waals surface area contributed by atoms with Crippen LogP contribution in [0.25, 0.3) is 0 Å². The standard InChI is InChI=1S/C20H32FN3O2/c1-4-22-19(24-14-20(2)10-6-5-7-18(20)25)23-12-15-8-9-17(21)16(11-15)13-26-3/h8-9,11,18,25H,4-7,10,12-14H2,1-3H3,(H2,22,23,24). The summed E-state index contributed by atoms with van der Waals surface area (Å²) in [4.78, 5) is 4.60. The summed E-state index contributed by atoms with van der Waals surface area (Å²) in [7, 11) is 1.55. The fourth-order valence-corrected chi connectivity index (χ4v) is 3.38. The van der Waals surface area contributed by atoms with Gasteiger partial charge >= 0.3 is 0 Å². The lowest BCUT2D eigenvalue weighted by atomic mass is 9.73. The van der Waals surface area contributed by atoms with E-state index in [1.165, 1.54) is 6.07 Å². The summed E-state index contributed by atoms with van der Waals surface area (Å²) in [5.41, 5.74) is 1.34. The Bertz CT molecular complexity index is 609. The predicted octanol–water partition coefficient (Wildman–Crippen LogP) is 2.97. The highest BCUT2D eigenvalue weighted by Gasteiger charge is 2.35. The Morgan fingerprint density at radius 3 is 2.88 bits per heavy atom. The summed E-state index contributed by atoms with van der Waals surface area (Å²) in [6, 6.07) is 4.99. The zero-order valence-corrected chi connectivity index (χ0v) is 16.1. The average molecular weight is 365 g/mol. The van der Waals surface area contributed by atoms with Crippen molar-refractivity contribution in [3.63, 3.8) is 0 Å². The van der Waals surface area contributed by atoms with Gasteiger partial charge in [-0.25, -0.2) is 9.38 Å². The maximum Gasteiger partial charge on any atom is 0.191 e. The minimum atomic E-state index is -0.277. The number of hydrogen-bond donors (Lipinski definition) is 3. The van der Waals surface area contributed by atoms with Crippen LogP contribution < -0.4 is 10.6 Å². The highest BCUT2D eigenvalue weighted by Crippen LogP contribution is 2.35. The van der Waals surface area contributed by atoms with Gasteiger partial charge in [0, 0.05) is 31.2 Å². The Labute approximate surface area is 156 Å². The first kappa shape index (κ1) is 20.6. The van der Waals surface area contributed by atoms with E-state index >= 15 is 0 Å². The number of nitrogens with one attached hydrogen (secondary N) is 2. The molecular weight excluding hydrogens is 333 g/mol. The number of aliphatic hydroxyl groups is 1. The molecule has 26 heavy (non-hydrogen) atoms. The number of hydrogen-bond acceptors (Lipinski definition) is 3. The lowest BCUT2D eigenvalue weighted by molar-refractivity contribution is 0.00397. The molecule has 0 aromatic heterocycles. The number of benzene rings is 1. The minimum absolute atomic E-state index is 0.129. The quantitative estimate of drug-likeness (QED) is 0.513. The van der Waals surface area contributed by atoms with Gasteiger partial charge in [0.25, 0.3) is 0 Å². The summed E-state index contributed by atoms with van der Waals surface area (Å²) >= 11 is 0. The topological polar surface area (TPSA) is 65.9 Å². The Hall–Kier alpha value is -1.66. The fourth-order valence-electron chi connectivity index (χ4n) is 3.38. The van der Waals surface area contributed by atoms with Gasteiger partial charge in [-0.15, -0.1) is 0 Å². The van der Waals surface area contributed by atoms with Crippen molar-refractivity contribution in [1.29, 1.82) is 0 Å². The van der Waals surface area contributed by atoms with Crippen LogP contribution in [0, 0.1) is 11.2 Å². The lowest BCUT2D eigenvalue weighted by Crippen LogP contribution is -2.48. The molecule has 146 valence electrons. The third-order valence-electron chi connectivity index (χ3n) is 5.11. The molecule has 3 N–H and O–H groups in total. The lowest BCUT2D eigenvalue weighted by Gasteiger charge is -2.38. The Balaban J connectivity index is 2.01. The second kappa shape index (κ2) is 9.88. The Kier molecular flexibility index (Phi) is 7.85. The molecule has 1 aromatic rings. The van der Waals surface area contributed by atoms with E-state index in [4.69, 9.17) is 4.74 Å². The first-order chi connectivity index (χ1) is 12.5. The number of guanidine groups is 1. The van der Waals surface area contributed by atoms with Gasteiger partial charge in [0.1, 0.15) is 5.82 Å². The molecule has 1 aromatic carbocycles. The maximum atomic E-state index is 13.7. The summed E-state index contributed by atoms with van der Waals surface area (Å²) in [6.07, 6.45) is 3.85. The number of halogens is 1. The number of aliphatic hydroxyl groups excluding tert-OH is 1. The molecule has 6 heteroatoms. The third-order valence-corrected chi connectivity index (χ3v) is 5.11. The number of rotatable bonds is 7. The van der Waals surface area contributed by atoms with Gasteiger partial charge in [0.15, 0.2) is 5.96 Å². The zero-order valence-electron chi connectivity index (χ0n) is 16.1. The molecule has 1 saturated carbocycles. The molecule has 2 unspecified atom stereocenters. The number of methoxy groups -OCH3 is 1. The van der Waals surface area contributed by atoms with E-state index < -0.39 is 0 Å². The van der Waals surface area contributed by atoms with Crippen LogP contribution in [0.5, 0.6) is 0 Å². The Morgan fingerprint density at radius 1 is 1.38 bits per heavy atom. The second-order valence-electron chi connectivity index (χ2n) is 7.32. The number of aliphatic imine (C=N–C) groups is 1. The van der Waals surface area contributed by atoms with E-state index in [-0.39, 0.29) is 23.9 Å². The maximum absolute atomic E-state index is 13.7. The van der Waals surface area contributed by atoms with Gasteiger partial charge in [-0.3, -0.25) is 0 Å². The van der Waals surface area contributed by atoms with Crippen LogP contribution in [-0.4, -0.2) is 37.4 Å². The summed E-state index contributed by atoms with van der Waals surface area (Å²) in [6.45, 7) is 6.28. The zero-order chi connectivity index (χ0) is 19.0. The van der Waals surface area contributed by atoms with Crippen LogP contribution in [0.1, 0.15) is 50.7 Å². The van der Waals surface area contributed by atoms with E-state index in [1.54, 1.807) is 19.2 Å². The van der Waals surface area contributed by atoms with Crippen LogP contribution in [-0.2, 0) is 17.9 Å². The molecule has 0 bridgehead atoms. The first-order valence-corrected chi connectivity index (χ1v) is 9.45. The molecule has 0 aliphatic heterocycles. The van der Waals surface area contributed by atoms with Crippen molar-refractivity contribution in [3.8, 4) is 0 Å². The van der Waals surface area contributed by atoms with Crippen molar-refractivity contribution >= 4 is 5.96 Å². The van der Waals surface area contributed by atoms with Crippen LogP contribution in [0.3, 0.4) is 0 Å². The molecule has 0 heterocycles. The third kappa shape index (κ3) is 5.68. The minimum Gasteiger partial charge on any atom is -0.392 e.